The summed E-state index contributed by atoms with van der Waals surface area (Å²) in [5.41, 5.74) is 1.54. The average molecular weight is 200 g/mol. The van der Waals surface area contributed by atoms with E-state index < -0.39 is 5.97 Å². The van der Waals surface area contributed by atoms with Crippen molar-refractivity contribution in [2.24, 2.45) is 0 Å². The molecule has 2 aromatic rings. The van der Waals surface area contributed by atoms with Gasteiger partial charge >= 0.3 is 5.97 Å². The van der Waals surface area contributed by atoms with E-state index in [0.717, 1.165) is 22.8 Å². The van der Waals surface area contributed by atoms with Gasteiger partial charge in [-0.3, -0.25) is 0 Å². The average Bonchev–Trinajstić information content (AvgIpc) is 2.27. The van der Waals surface area contributed by atoms with Crippen LogP contribution >= 0.6 is 0 Å². The summed E-state index contributed by atoms with van der Waals surface area (Å²) in [4.78, 5) is 11.0. The Kier molecular flexibility index (Phi) is 2.42. The standard InChI is InChI=1S/C13H12O2/c1-2-9-6-7-10-4-3-5-11(13(14)15)12(10)8-9/h3-8H,2H2,1H3,(H,14,15). The maximum Gasteiger partial charge on any atom is 0.336 e. The van der Waals surface area contributed by atoms with Gasteiger partial charge in [0.25, 0.3) is 0 Å². The second-order valence-corrected chi connectivity index (χ2v) is 3.52. The summed E-state index contributed by atoms with van der Waals surface area (Å²) in [5, 5.41) is 10.8. The minimum atomic E-state index is -0.867. The van der Waals surface area contributed by atoms with Crippen molar-refractivity contribution in [1.29, 1.82) is 0 Å². The van der Waals surface area contributed by atoms with Crippen LogP contribution in [0, 0.1) is 0 Å². The lowest BCUT2D eigenvalue weighted by molar-refractivity contribution is 0.0699. The molecule has 0 aromatic heterocycles. The quantitative estimate of drug-likeness (QED) is 0.808. The molecule has 0 radical (unpaired) electrons. The summed E-state index contributed by atoms with van der Waals surface area (Å²) in [5.74, 6) is -0.867. The third-order valence-electron chi connectivity index (χ3n) is 2.59. The molecule has 0 saturated carbocycles. The lowest BCUT2D eigenvalue weighted by Crippen LogP contribution is -1.97. The molecule has 2 rings (SSSR count). The lowest BCUT2D eigenvalue weighted by Gasteiger charge is -2.04. The second kappa shape index (κ2) is 3.73. The Morgan fingerprint density at radius 1 is 1.27 bits per heavy atom. The smallest absolute Gasteiger partial charge is 0.336 e. The fraction of sp³-hybridized carbons (Fsp3) is 0.154. The van der Waals surface area contributed by atoms with Crippen LogP contribution in [0.3, 0.4) is 0 Å². The fourth-order valence-electron chi connectivity index (χ4n) is 1.73. The molecule has 0 saturated heterocycles. The van der Waals surface area contributed by atoms with Gasteiger partial charge < -0.3 is 5.11 Å². The second-order valence-electron chi connectivity index (χ2n) is 3.52. The molecular weight excluding hydrogens is 188 g/mol. The molecule has 0 fully saturated rings. The number of fused-ring (bicyclic) bond motifs is 1. The molecule has 0 atom stereocenters. The summed E-state index contributed by atoms with van der Waals surface area (Å²) >= 11 is 0. The van der Waals surface area contributed by atoms with Crippen molar-refractivity contribution >= 4 is 16.7 Å². The summed E-state index contributed by atoms with van der Waals surface area (Å²) in [7, 11) is 0. The van der Waals surface area contributed by atoms with E-state index >= 15 is 0 Å². The Balaban J connectivity index is 2.76. The first-order chi connectivity index (χ1) is 7.22. The zero-order chi connectivity index (χ0) is 10.8. The molecule has 76 valence electrons. The highest BCUT2D eigenvalue weighted by Gasteiger charge is 2.07. The number of aryl methyl sites for hydroxylation is 1. The number of rotatable bonds is 2. The van der Waals surface area contributed by atoms with Crippen molar-refractivity contribution < 1.29 is 9.90 Å². The molecule has 0 spiro atoms. The van der Waals surface area contributed by atoms with Crippen LogP contribution in [0.15, 0.2) is 36.4 Å². The lowest BCUT2D eigenvalue weighted by atomic mass is 10.0. The molecule has 0 aliphatic heterocycles. The van der Waals surface area contributed by atoms with Gasteiger partial charge in [0, 0.05) is 0 Å². The Labute approximate surface area is 88.2 Å². The predicted molar refractivity (Wildman–Crippen MR) is 60.3 cm³/mol. The Morgan fingerprint density at radius 3 is 2.73 bits per heavy atom. The molecule has 0 amide bonds. The molecular formula is C13H12O2. The normalized spacial score (nSPS) is 10.5. The van der Waals surface area contributed by atoms with Crippen LogP contribution in [0.5, 0.6) is 0 Å². The van der Waals surface area contributed by atoms with Gasteiger partial charge in [-0.2, -0.15) is 0 Å². The highest BCUT2D eigenvalue weighted by atomic mass is 16.4. The molecule has 0 aliphatic rings. The predicted octanol–water partition coefficient (Wildman–Crippen LogP) is 3.10. The van der Waals surface area contributed by atoms with E-state index in [9.17, 15) is 4.79 Å². The van der Waals surface area contributed by atoms with E-state index in [2.05, 4.69) is 6.92 Å². The van der Waals surface area contributed by atoms with Crippen LogP contribution in [0.1, 0.15) is 22.8 Å². The van der Waals surface area contributed by atoms with Crippen LogP contribution in [-0.4, -0.2) is 11.1 Å². The van der Waals surface area contributed by atoms with Crippen LogP contribution < -0.4 is 0 Å². The van der Waals surface area contributed by atoms with Crippen molar-refractivity contribution in [2.75, 3.05) is 0 Å². The Bertz CT molecular complexity index is 515. The van der Waals surface area contributed by atoms with E-state index in [0.29, 0.717) is 5.56 Å². The molecule has 0 aliphatic carbocycles. The maximum absolute atomic E-state index is 11.0. The van der Waals surface area contributed by atoms with Gasteiger partial charge in [0.15, 0.2) is 0 Å². The van der Waals surface area contributed by atoms with Gasteiger partial charge in [0.1, 0.15) is 0 Å². The monoisotopic (exact) mass is 200 g/mol. The fourth-order valence-corrected chi connectivity index (χ4v) is 1.73. The summed E-state index contributed by atoms with van der Waals surface area (Å²) in [6.45, 7) is 2.06. The van der Waals surface area contributed by atoms with Gasteiger partial charge in [0.2, 0.25) is 0 Å². The Hall–Kier alpha value is -1.83. The maximum atomic E-state index is 11.0. The van der Waals surface area contributed by atoms with Crippen LogP contribution in [0.4, 0.5) is 0 Å². The van der Waals surface area contributed by atoms with Crippen LogP contribution in [0.2, 0.25) is 0 Å². The van der Waals surface area contributed by atoms with Gasteiger partial charge in [0.05, 0.1) is 5.56 Å². The van der Waals surface area contributed by atoms with Crippen LogP contribution in [-0.2, 0) is 6.42 Å². The highest BCUT2D eigenvalue weighted by molar-refractivity contribution is 6.03. The van der Waals surface area contributed by atoms with Gasteiger partial charge in [-0.1, -0.05) is 37.3 Å². The Morgan fingerprint density at radius 2 is 2.07 bits per heavy atom. The first kappa shape index (κ1) is 9.71. The molecule has 2 heteroatoms. The number of hydrogen-bond donors (Lipinski definition) is 1. The molecule has 0 heterocycles. The number of carbonyl (C=O) groups is 1. The van der Waals surface area contributed by atoms with Crippen LogP contribution in [0.25, 0.3) is 10.8 Å². The topological polar surface area (TPSA) is 37.3 Å². The molecule has 15 heavy (non-hydrogen) atoms. The zero-order valence-electron chi connectivity index (χ0n) is 8.53. The molecule has 0 bridgehead atoms. The minimum Gasteiger partial charge on any atom is -0.478 e. The van der Waals surface area contributed by atoms with Crippen molar-refractivity contribution in [3.8, 4) is 0 Å². The first-order valence-electron chi connectivity index (χ1n) is 4.97. The van der Waals surface area contributed by atoms with E-state index in [1.54, 1.807) is 12.1 Å². The van der Waals surface area contributed by atoms with Gasteiger partial charge in [-0.25, -0.2) is 4.79 Å². The third-order valence-corrected chi connectivity index (χ3v) is 2.59. The number of carboxylic acids is 1. The SMILES string of the molecule is CCc1ccc2cccc(C(=O)O)c2c1. The van der Waals surface area contributed by atoms with Crippen molar-refractivity contribution in [3.63, 3.8) is 0 Å². The zero-order valence-corrected chi connectivity index (χ0v) is 8.53. The van der Waals surface area contributed by atoms with E-state index in [-0.39, 0.29) is 0 Å². The summed E-state index contributed by atoms with van der Waals surface area (Å²) in [6, 6.07) is 11.3. The van der Waals surface area contributed by atoms with Gasteiger partial charge in [-0.15, -0.1) is 0 Å². The largest absolute Gasteiger partial charge is 0.478 e. The van der Waals surface area contributed by atoms with Crippen molar-refractivity contribution in [3.05, 3.63) is 47.5 Å². The minimum absolute atomic E-state index is 0.378. The third kappa shape index (κ3) is 1.71. The highest BCUT2D eigenvalue weighted by Crippen LogP contribution is 2.20. The number of benzene rings is 2. The molecule has 1 N–H and O–H groups in total. The van der Waals surface area contributed by atoms with Gasteiger partial charge in [-0.05, 0) is 28.8 Å². The summed E-state index contributed by atoms with van der Waals surface area (Å²) in [6.07, 6.45) is 0.921. The summed E-state index contributed by atoms with van der Waals surface area (Å²) < 4.78 is 0. The van der Waals surface area contributed by atoms with E-state index in [4.69, 9.17) is 5.11 Å². The molecule has 2 nitrogen and oxygen atoms in total. The van der Waals surface area contributed by atoms with E-state index in [1.807, 2.05) is 24.3 Å². The number of aromatic carboxylic acids is 1. The number of hydrogen-bond acceptors (Lipinski definition) is 1. The van der Waals surface area contributed by atoms with Crippen molar-refractivity contribution in [2.45, 2.75) is 13.3 Å². The molecule has 2 aromatic carbocycles. The van der Waals surface area contributed by atoms with E-state index in [1.165, 1.54) is 0 Å². The number of carboxylic acid groups (broad SMARTS) is 1. The van der Waals surface area contributed by atoms with Crippen molar-refractivity contribution in [1.82, 2.24) is 0 Å². The molecule has 0 unspecified atom stereocenters. The first-order valence-corrected chi connectivity index (χ1v) is 4.97.